The van der Waals surface area contributed by atoms with Gasteiger partial charge in [-0.3, -0.25) is 9.59 Å². The van der Waals surface area contributed by atoms with Crippen LogP contribution in [0.2, 0.25) is 0 Å². The average Bonchev–Trinajstić information content (AvgIpc) is 2.59. The zero-order valence-corrected chi connectivity index (χ0v) is 15.0. The SMILES string of the molecule is COc1ccc(CNC(C)=O)cc1S(=O)(=O)N1CCCC(C(=O)O)C1. The van der Waals surface area contributed by atoms with Gasteiger partial charge in [0.15, 0.2) is 0 Å². The van der Waals surface area contributed by atoms with E-state index in [0.717, 1.165) is 0 Å². The van der Waals surface area contributed by atoms with E-state index in [-0.39, 0.29) is 36.2 Å². The molecule has 1 aromatic rings. The summed E-state index contributed by atoms with van der Waals surface area (Å²) < 4.78 is 32.3. The molecule has 0 aliphatic carbocycles. The third kappa shape index (κ3) is 4.49. The van der Waals surface area contributed by atoms with Crippen molar-refractivity contribution in [3.63, 3.8) is 0 Å². The predicted octanol–water partition coefficient (Wildman–Crippen LogP) is 0.817. The summed E-state index contributed by atoms with van der Waals surface area (Å²) in [7, 11) is -2.53. The van der Waals surface area contributed by atoms with E-state index < -0.39 is 21.9 Å². The van der Waals surface area contributed by atoms with Crippen LogP contribution in [0.5, 0.6) is 5.75 Å². The number of amides is 1. The van der Waals surface area contributed by atoms with Crippen molar-refractivity contribution in [2.24, 2.45) is 5.92 Å². The maximum atomic E-state index is 13.0. The standard InChI is InChI=1S/C16H22N2O6S/c1-11(19)17-9-12-5-6-14(24-2)15(8-12)25(22,23)18-7-3-4-13(10-18)16(20)21/h5-6,8,13H,3-4,7,9-10H2,1-2H3,(H,17,19)(H,20,21). The quantitative estimate of drug-likeness (QED) is 0.766. The molecule has 9 heteroatoms. The summed E-state index contributed by atoms with van der Waals surface area (Å²) in [6.07, 6.45) is 0.950. The van der Waals surface area contributed by atoms with E-state index in [1.54, 1.807) is 6.07 Å². The smallest absolute Gasteiger partial charge is 0.307 e. The highest BCUT2D eigenvalue weighted by molar-refractivity contribution is 7.89. The lowest BCUT2D eigenvalue weighted by atomic mass is 10.0. The highest BCUT2D eigenvalue weighted by Crippen LogP contribution is 2.30. The van der Waals surface area contributed by atoms with E-state index in [9.17, 15) is 23.1 Å². The Labute approximate surface area is 146 Å². The molecule has 1 amide bonds. The van der Waals surface area contributed by atoms with Gasteiger partial charge >= 0.3 is 5.97 Å². The van der Waals surface area contributed by atoms with Crippen LogP contribution >= 0.6 is 0 Å². The van der Waals surface area contributed by atoms with Gasteiger partial charge in [0.25, 0.3) is 0 Å². The Hall–Kier alpha value is -2.13. The molecule has 1 aliphatic rings. The second-order valence-corrected chi connectivity index (χ2v) is 7.84. The van der Waals surface area contributed by atoms with Crippen molar-refractivity contribution >= 4 is 21.9 Å². The molecule has 1 fully saturated rings. The van der Waals surface area contributed by atoms with Gasteiger partial charge in [-0.05, 0) is 30.5 Å². The number of rotatable bonds is 6. The number of benzene rings is 1. The van der Waals surface area contributed by atoms with Crippen molar-refractivity contribution in [2.45, 2.75) is 31.2 Å². The van der Waals surface area contributed by atoms with Gasteiger partial charge < -0.3 is 15.2 Å². The molecular weight excluding hydrogens is 348 g/mol. The van der Waals surface area contributed by atoms with Crippen molar-refractivity contribution < 1.29 is 27.9 Å². The lowest BCUT2D eigenvalue weighted by Crippen LogP contribution is -2.42. The molecule has 1 aromatic carbocycles. The Morgan fingerprint density at radius 3 is 2.72 bits per heavy atom. The molecule has 8 nitrogen and oxygen atoms in total. The zero-order chi connectivity index (χ0) is 18.6. The summed E-state index contributed by atoms with van der Waals surface area (Å²) in [5, 5.41) is 11.8. The van der Waals surface area contributed by atoms with Gasteiger partial charge in [0.1, 0.15) is 10.6 Å². The van der Waals surface area contributed by atoms with E-state index in [1.807, 2.05) is 0 Å². The van der Waals surface area contributed by atoms with E-state index in [1.165, 1.54) is 30.5 Å². The first kappa shape index (κ1) is 19.2. The number of carbonyl (C=O) groups excluding carboxylic acids is 1. The molecule has 2 rings (SSSR count). The summed E-state index contributed by atoms with van der Waals surface area (Å²) in [6, 6.07) is 4.65. The molecule has 25 heavy (non-hydrogen) atoms. The molecule has 1 aliphatic heterocycles. The minimum atomic E-state index is -3.90. The van der Waals surface area contributed by atoms with Crippen molar-refractivity contribution in [3.8, 4) is 5.75 Å². The highest BCUT2D eigenvalue weighted by atomic mass is 32.2. The van der Waals surface area contributed by atoms with Crippen molar-refractivity contribution in [3.05, 3.63) is 23.8 Å². The van der Waals surface area contributed by atoms with Gasteiger partial charge in [0, 0.05) is 26.6 Å². The number of aliphatic carboxylic acids is 1. The number of nitrogens with zero attached hydrogens (tertiary/aromatic N) is 1. The Morgan fingerprint density at radius 1 is 1.40 bits per heavy atom. The third-order valence-electron chi connectivity index (χ3n) is 4.12. The summed E-state index contributed by atoms with van der Waals surface area (Å²) in [6.45, 7) is 1.78. The molecule has 0 aromatic heterocycles. The van der Waals surface area contributed by atoms with Gasteiger partial charge in [-0.2, -0.15) is 4.31 Å². The maximum absolute atomic E-state index is 13.0. The van der Waals surface area contributed by atoms with Gasteiger partial charge in [-0.15, -0.1) is 0 Å². The maximum Gasteiger partial charge on any atom is 0.307 e. The van der Waals surface area contributed by atoms with Crippen LogP contribution < -0.4 is 10.1 Å². The Balaban J connectivity index is 2.34. The fraction of sp³-hybridized carbons (Fsp3) is 0.500. The van der Waals surface area contributed by atoms with E-state index in [0.29, 0.717) is 18.4 Å². The second kappa shape index (κ2) is 7.83. The summed E-state index contributed by atoms with van der Waals surface area (Å²) in [4.78, 5) is 22.2. The van der Waals surface area contributed by atoms with Crippen LogP contribution in [0.3, 0.4) is 0 Å². The molecule has 0 radical (unpaired) electrons. The largest absolute Gasteiger partial charge is 0.495 e. The van der Waals surface area contributed by atoms with E-state index in [2.05, 4.69) is 5.32 Å². The van der Waals surface area contributed by atoms with Gasteiger partial charge in [0.05, 0.1) is 13.0 Å². The van der Waals surface area contributed by atoms with Crippen LogP contribution in [0.15, 0.2) is 23.1 Å². The van der Waals surface area contributed by atoms with Gasteiger partial charge in [-0.1, -0.05) is 6.07 Å². The van der Waals surface area contributed by atoms with Gasteiger partial charge in [0.2, 0.25) is 15.9 Å². The lowest BCUT2D eigenvalue weighted by molar-refractivity contribution is -0.142. The third-order valence-corrected chi connectivity index (χ3v) is 6.01. The molecule has 1 saturated heterocycles. The zero-order valence-electron chi connectivity index (χ0n) is 14.2. The number of sulfonamides is 1. The Morgan fingerprint density at radius 2 is 2.12 bits per heavy atom. The van der Waals surface area contributed by atoms with Crippen molar-refractivity contribution in [2.75, 3.05) is 20.2 Å². The van der Waals surface area contributed by atoms with Gasteiger partial charge in [-0.25, -0.2) is 8.42 Å². The highest BCUT2D eigenvalue weighted by Gasteiger charge is 2.34. The number of piperidine rings is 1. The first-order valence-electron chi connectivity index (χ1n) is 7.90. The predicted molar refractivity (Wildman–Crippen MR) is 89.6 cm³/mol. The van der Waals surface area contributed by atoms with Crippen LogP contribution in [-0.4, -0.2) is 49.9 Å². The molecule has 0 saturated carbocycles. The van der Waals surface area contributed by atoms with Crippen LogP contribution in [0.4, 0.5) is 0 Å². The second-order valence-electron chi connectivity index (χ2n) is 5.94. The number of nitrogens with one attached hydrogen (secondary N) is 1. The molecule has 1 atom stereocenters. The number of hydrogen-bond acceptors (Lipinski definition) is 5. The van der Waals surface area contributed by atoms with Crippen LogP contribution in [0.25, 0.3) is 0 Å². The van der Waals surface area contributed by atoms with Crippen molar-refractivity contribution in [1.82, 2.24) is 9.62 Å². The topological polar surface area (TPSA) is 113 Å². The summed E-state index contributed by atoms with van der Waals surface area (Å²) >= 11 is 0. The lowest BCUT2D eigenvalue weighted by Gasteiger charge is -2.30. The Bertz CT molecular complexity index is 762. The molecule has 2 N–H and O–H groups in total. The molecule has 1 heterocycles. The normalized spacial score (nSPS) is 18.6. The number of methoxy groups -OCH3 is 1. The first-order valence-corrected chi connectivity index (χ1v) is 9.34. The molecule has 0 spiro atoms. The summed E-state index contributed by atoms with van der Waals surface area (Å²) in [5.74, 6) is -1.74. The number of carboxylic acids is 1. The first-order chi connectivity index (χ1) is 11.8. The molecular formula is C16H22N2O6S. The molecule has 0 bridgehead atoms. The molecule has 1 unspecified atom stereocenters. The fourth-order valence-corrected chi connectivity index (χ4v) is 4.49. The van der Waals surface area contributed by atoms with E-state index in [4.69, 9.17) is 4.74 Å². The van der Waals surface area contributed by atoms with Crippen LogP contribution in [0.1, 0.15) is 25.3 Å². The Kier molecular flexibility index (Phi) is 6.02. The number of ether oxygens (including phenoxy) is 1. The molecule has 138 valence electrons. The van der Waals surface area contributed by atoms with Crippen LogP contribution in [-0.2, 0) is 26.2 Å². The minimum Gasteiger partial charge on any atom is -0.495 e. The van der Waals surface area contributed by atoms with Crippen LogP contribution in [0, 0.1) is 5.92 Å². The monoisotopic (exact) mass is 370 g/mol. The number of carboxylic acid groups (broad SMARTS) is 1. The summed E-state index contributed by atoms with van der Waals surface area (Å²) in [5.41, 5.74) is 0.612. The average molecular weight is 370 g/mol. The number of carbonyl (C=O) groups is 2. The number of hydrogen-bond donors (Lipinski definition) is 2. The minimum absolute atomic E-state index is 0.0242. The van der Waals surface area contributed by atoms with Crippen molar-refractivity contribution in [1.29, 1.82) is 0 Å². The van der Waals surface area contributed by atoms with E-state index >= 15 is 0 Å². The fourth-order valence-electron chi connectivity index (χ4n) is 2.76.